The first-order valence-electron chi connectivity index (χ1n) is 0.548. The van der Waals surface area contributed by atoms with Gasteiger partial charge >= 0.3 is 206 Å². The molecule has 0 heterocycles. The van der Waals surface area contributed by atoms with Gasteiger partial charge in [-0.15, -0.1) is 0 Å². The molecular formula is O3Rb3Sb. The van der Waals surface area contributed by atoms with Crippen LogP contribution in [0.15, 0.2) is 0 Å². The molecule has 0 fully saturated rings. The number of hydrogen-bond acceptors (Lipinski definition) is 3. The Hall–Kier alpha value is 6.11. The van der Waals surface area contributed by atoms with E-state index >= 15 is 0 Å². The maximum Gasteiger partial charge on any atom is 1.00 e. The van der Waals surface area contributed by atoms with E-state index in [0.717, 1.165) is 0 Å². The summed E-state index contributed by atoms with van der Waals surface area (Å²) in [6.45, 7) is 0. The second-order valence-electron chi connectivity index (χ2n) is 0.224. The van der Waals surface area contributed by atoms with Crippen molar-refractivity contribution in [2.24, 2.45) is 0 Å². The van der Waals surface area contributed by atoms with E-state index in [0.29, 0.717) is 0 Å². The molecule has 0 unspecified atom stereocenters. The molecule has 7 heavy (non-hydrogen) atoms. The molecule has 0 aromatic carbocycles. The van der Waals surface area contributed by atoms with E-state index in [2.05, 4.69) is 0 Å². The second kappa shape index (κ2) is 18.0. The minimum Gasteiger partial charge on any atom is 1.00 e. The summed E-state index contributed by atoms with van der Waals surface area (Å²) in [5.74, 6) is 0. The van der Waals surface area contributed by atoms with Gasteiger partial charge in [0.1, 0.15) is 0 Å². The molecule has 7 heteroatoms. The molecule has 0 N–H and O–H groups in total. The average molecular weight is 426 g/mol. The van der Waals surface area contributed by atoms with Crippen molar-refractivity contribution in [1.29, 1.82) is 0 Å². The quantitative estimate of drug-likeness (QED) is 0.362. The van der Waals surface area contributed by atoms with Gasteiger partial charge in [-0.2, -0.15) is 0 Å². The molecule has 0 aliphatic rings. The van der Waals surface area contributed by atoms with Gasteiger partial charge in [0.05, 0.1) is 0 Å². The fourth-order valence-corrected chi connectivity index (χ4v) is 0. The van der Waals surface area contributed by atoms with Gasteiger partial charge in [0, 0.05) is 0 Å². The van der Waals surface area contributed by atoms with Gasteiger partial charge in [-0.1, -0.05) is 0 Å². The summed E-state index contributed by atoms with van der Waals surface area (Å²) < 4.78 is 25.8. The summed E-state index contributed by atoms with van der Waals surface area (Å²) in [5.41, 5.74) is 0. The van der Waals surface area contributed by atoms with Crippen LogP contribution in [0.25, 0.3) is 0 Å². The Morgan fingerprint density at radius 2 is 0.714 bits per heavy atom. The van der Waals surface area contributed by atoms with Crippen LogP contribution in [-0.2, 0) is 0 Å². The summed E-state index contributed by atoms with van der Waals surface area (Å²) in [6, 6.07) is 0. The Morgan fingerprint density at radius 3 is 0.714 bits per heavy atom. The zero-order chi connectivity index (χ0) is 3.58. The van der Waals surface area contributed by atoms with Gasteiger partial charge in [-0.3, -0.25) is 0 Å². The minimum absolute atomic E-state index is 0. The van der Waals surface area contributed by atoms with Gasteiger partial charge in [0.2, 0.25) is 0 Å². The van der Waals surface area contributed by atoms with Crippen LogP contribution in [0.2, 0.25) is 0 Å². The molecule has 0 atom stereocenters. The topological polar surface area (TPSA) is 69.2 Å². The maximum atomic E-state index is 8.60. The zero-order valence-electron chi connectivity index (χ0n) is 4.67. The summed E-state index contributed by atoms with van der Waals surface area (Å²) in [6.07, 6.45) is 0. The molecule has 0 radical (unpaired) electrons. The van der Waals surface area contributed by atoms with Crippen LogP contribution in [0, 0.1) is 0 Å². The van der Waals surface area contributed by atoms with Crippen molar-refractivity contribution in [1.82, 2.24) is 0 Å². The Balaban J connectivity index is -0.0000000150. The largest absolute Gasteiger partial charge is 1.00 e. The van der Waals surface area contributed by atoms with E-state index in [1.54, 1.807) is 0 Å². The van der Waals surface area contributed by atoms with Crippen LogP contribution < -0.4 is 185 Å². The Kier molecular flexibility index (Phi) is 59.6. The van der Waals surface area contributed by atoms with E-state index in [9.17, 15) is 0 Å². The summed E-state index contributed by atoms with van der Waals surface area (Å²) in [4.78, 5) is 0. The molecule has 0 aliphatic heterocycles. The number of rotatable bonds is 0. The van der Waals surface area contributed by atoms with Crippen molar-refractivity contribution < 1.29 is 185 Å². The fraction of sp³-hybridized carbons (Fsp3) is 0. The predicted octanol–water partition coefficient (Wildman–Crippen LogP) is -12.9. The monoisotopic (exact) mass is 424 g/mol. The molecule has 0 saturated carbocycles. The molecule has 0 saturated heterocycles. The average Bonchev–Trinajstić information content (AvgIpc) is 0.811. The molecule has 0 amide bonds. The van der Waals surface area contributed by atoms with E-state index < -0.39 is 21.5 Å². The fourth-order valence-electron chi connectivity index (χ4n) is 0. The van der Waals surface area contributed by atoms with Gasteiger partial charge < -0.3 is 0 Å². The Bertz CT molecular complexity index is 14.9. The maximum absolute atomic E-state index is 8.60. The molecule has 0 rings (SSSR count). The summed E-state index contributed by atoms with van der Waals surface area (Å²) in [7, 11) is 0. The van der Waals surface area contributed by atoms with Crippen LogP contribution in [0.4, 0.5) is 0 Å². The summed E-state index contributed by atoms with van der Waals surface area (Å²) >= 11 is -4.20. The van der Waals surface area contributed by atoms with E-state index in [4.69, 9.17) is 10.2 Å². The third-order valence-corrected chi connectivity index (χ3v) is 0. The molecule has 0 aromatic heterocycles. The van der Waals surface area contributed by atoms with Crippen molar-refractivity contribution in [3.63, 3.8) is 0 Å². The molecule has 3 nitrogen and oxygen atoms in total. The molecule has 0 spiro atoms. The van der Waals surface area contributed by atoms with Gasteiger partial charge in [0.15, 0.2) is 0 Å². The second-order valence-corrected chi connectivity index (χ2v) is 1.50. The van der Waals surface area contributed by atoms with Gasteiger partial charge in [-0.25, -0.2) is 0 Å². The third kappa shape index (κ3) is 33.2. The van der Waals surface area contributed by atoms with E-state index in [1.807, 2.05) is 0 Å². The van der Waals surface area contributed by atoms with Crippen molar-refractivity contribution in [3.8, 4) is 0 Å². The number of hydrogen-bond donors (Lipinski definition) is 0. The summed E-state index contributed by atoms with van der Waals surface area (Å²) in [5, 5.41) is 0. The van der Waals surface area contributed by atoms with Crippen LogP contribution >= 0.6 is 0 Å². The molecule has 0 bridgehead atoms. The Labute approximate surface area is 198 Å². The first-order chi connectivity index (χ1) is 1.73. The van der Waals surface area contributed by atoms with E-state index in [-0.39, 0.29) is 175 Å². The van der Waals surface area contributed by atoms with Crippen molar-refractivity contribution in [2.45, 2.75) is 0 Å². The van der Waals surface area contributed by atoms with Crippen LogP contribution in [0.5, 0.6) is 0 Å². The molecule has 0 aromatic rings. The standard InChI is InChI=1S/3O.3Rb.Sb/q3*-1;3*+1;. The van der Waals surface area contributed by atoms with Crippen molar-refractivity contribution in [2.75, 3.05) is 0 Å². The Morgan fingerprint density at radius 1 is 0.714 bits per heavy atom. The zero-order valence-corrected chi connectivity index (χ0v) is 22.0. The van der Waals surface area contributed by atoms with Gasteiger partial charge in [-0.05, 0) is 0 Å². The van der Waals surface area contributed by atoms with Crippen LogP contribution in [0.1, 0.15) is 0 Å². The van der Waals surface area contributed by atoms with Gasteiger partial charge in [0.25, 0.3) is 0 Å². The SMILES string of the molecule is [O-][Sb]([O-])[O-].[Rb+].[Rb+].[Rb+]. The first kappa shape index (κ1) is 23.2. The van der Waals surface area contributed by atoms with Crippen molar-refractivity contribution in [3.05, 3.63) is 0 Å². The first-order valence-corrected chi connectivity index (χ1v) is 3.67. The minimum atomic E-state index is -4.20. The van der Waals surface area contributed by atoms with Crippen LogP contribution in [-0.4, -0.2) is 21.5 Å². The van der Waals surface area contributed by atoms with Crippen LogP contribution in [0.3, 0.4) is 0 Å². The van der Waals surface area contributed by atoms with Crippen molar-refractivity contribution >= 4 is 21.5 Å². The smallest absolute Gasteiger partial charge is 1.00 e. The molecule has 26 valence electrons. The molecule has 0 aliphatic carbocycles. The van der Waals surface area contributed by atoms with E-state index in [1.165, 1.54) is 0 Å². The predicted molar refractivity (Wildman–Crippen MR) is 5.75 cm³/mol. The molecular weight excluding hydrogens is 426 g/mol. The normalized spacial score (nSPS) is 5.14. The third-order valence-electron chi connectivity index (χ3n) is 0.